The van der Waals surface area contributed by atoms with Crippen LogP contribution in [0.1, 0.15) is 5.56 Å². The van der Waals surface area contributed by atoms with E-state index in [1.165, 1.54) is 18.2 Å². The Bertz CT molecular complexity index is 1080. The minimum absolute atomic E-state index is 0.259. The number of nitrogens with zero attached hydrogens (tertiary/aromatic N) is 3. The van der Waals surface area contributed by atoms with Crippen molar-refractivity contribution in [2.75, 3.05) is 10.6 Å². The van der Waals surface area contributed by atoms with E-state index < -0.39 is 11.6 Å². The second kappa shape index (κ2) is 8.43. The molecule has 29 heavy (non-hydrogen) atoms. The number of hydrogen-bond acceptors (Lipinski definition) is 5. The van der Waals surface area contributed by atoms with Gasteiger partial charge in [0.05, 0.1) is 0 Å². The number of rotatable bonds is 6. The zero-order chi connectivity index (χ0) is 20.1. The third-order valence-electron chi connectivity index (χ3n) is 4.20. The summed E-state index contributed by atoms with van der Waals surface area (Å²) >= 11 is 0. The molecule has 2 aromatic carbocycles. The van der Waals surface area contributed by atoms with Gasteiger partial charge in [0.2, 0.25) is 0 Å². The van der Waals surface area contributed by atoms with Gasteiger partial charge in [-0.25, -0.2) is 18.7 Å². The summed E-state index contributed by atoms with van der Waals surface area (Å²) in [4.78, 5) is 13.0. The molecule has 144 valence electrons. The number of aromatic nitrogens is 3. The van der Waals surface area contributed by atoms with Crippen molar-refractivity contribution in [3.8, 4) is 11.4 Å². The Hall–Kier alpha value is -3.87. The second-order valence-electron chi connectivity index (χ2n) is 6.26. The fourth-order valence-corrected chi connectivity index (χ4v) is 2.76. The van der Waals surface area contributed by atoms with Gasteiger partial charge in [-0.3, -0.25) is 4.98 Å². The Morgan fingerprint density at radius 1 is 0.759 bits per heavy atom. The number of para-hydroxylation sites is 1. The number of pyridine rings is 1. The standard InChI is InChI=1S/C22H17F2N5/c23-17-7-4-8-18(24)21(17)27-20-13-19(26-14-15-9-11-25-12-10-15)28-22(29-20)16-5-2-1-3-6-16/h1-13H,14H2,(H2,26,27,28,29). The van der Waals surface area contributed by atoms with Crippen molar-refractivity contribution in [1.82, 2.24) is 15.0 Å². The topological polar surface area (TPSA) is 62.7 Å². The summed E-state index contributed by atoms with van der Waals surface area (Å²) in [7, 11) is 0. The number of nitrogens with one attached hydrogen (secondary N) is 2. The zero-order valence-corrected chi connectivity index (χ0v) is 15.3. The average Bonchev–Trinajstić information content (AvgIpc) is 2.76. The van der Waals surface area contributed by atoms with Crippen molar-refractivity contribution in [3.63, 3.8) is 0 Å². The predicted octanol–water partition coefficient (Wildman–Crippen LogP) is 5.17. The monoisotopic (exact) mass is 389 g/mol. The highest BCUT2D eigenvalue weighted by Crippen LogP contribution is 2.26. The van der Waals surface area contributed by atoms with Crippen LogP contribution in [0.4, 0.5) is 26.1 Å². The summed E-state index contributed by atoms with van der Waals surface area (Å²) < 4.78 is 28.1. The summed E-state index contributed by atoms with van der Waals surface area (Å²) in [6, 6.07) is 18.5. The Kier molecular flexibility index (Phi) is 5.38. The van der Waals surface area contributed by atoms with Crippen LogP contribution in [-0.2, 0) is 6.54 Å². The minimum Gasteiger partial charge on any atom is -0.366 e. The Labute approximate surface area is 166 Å². The maximum Gasteiger partial charge on any atom is 0.163 e. The minimum atomic E-state index is -0.698. The first kappa shape index (κ1) is 18.5. The Morgan fingerprint density at radius 3 is 2.17 bits per heavy atom. The van der Waals surface area contributed by atoms with E-state index in [1.54, 1.807) is 18.5 Å². The lowest BCUT2D eigenvalue weighted by Gasteiger charge is -2.12. The van der Waals surface area contributed by atoms with Crippen LogP contribution in [-0.4, -0.2) is 15.0 Å². The lowest BCUT2D eigenvalue weighted by atomic mass is 10.2. The molecule has 5 nitrogen and oxygen atoms in total. The summed E-state index contributed by atoms with van der Waals surface area (Å²) in [5.41, 5.74) is 1.55. The first-order valence-electron chi connectivity index (χ1n) is 8.97. The van der Waals surface area contributed by atoms with Gasteiger partial charge in [0.15, 0.2) is 5.82 Å². The van der Waals surface area contributed by atoms with Crippen molar-refractivity contribution in [2.24, 2.45) is 0 Å². The van der Waals surface area contributed by atoms with Crippen LogP contribution in [0.15, 0.2) is 79.1 Å². The molecule has 2 aromatic heterocycles. The number of hydrogen-bond donors (Lipinski definition) is 2. The van der Waals surface area contributed by atoms with Crippen LogP contribution < -0.4 is 10.6 Å². The van der Waals surface area contributed by atoms with Gasteiger partial charge in [0, 0.05) is 30.6 Å². The van der Waals surface area contributed by atoms with E-state index in [1.807, 2.05) is 42.5 Å². The van der Waals surface area contributed by atoms with Gasteiger partial charge in [-0.2, -0.15) is 0 Å². The van der Waals surface area contributed by atoms with Crippen molar-refractivity contribution in [3.05, 3.63) is 96.3 Å². The number of benzene rings is 2. The predicted molar refractivity (Wildman–Crippen MR) is 109 cm³/mol. The summed E-state index contributed by atoms with van der Waals surface area (Å²) in [5, 5.41) is 5.96. The smallest absolute Gasteiger partial charge is 0.163 e. The number of anilines is 3. The third kappa shape index (κ3) is 4.52. The van der Waals surface area contributed by atoms with Crippen molar-refractivity contribution >= 4 is 17.3 Å². The first-order valence-corrected chi connectivity index (χ1v) is 8.97. The molecular formula is C22H17F2N5. The quantitative estimate of drug-likeness (QED) is 0.476. The first-order chi connectivity index (χ1) is 14.2. The Balaban J connectivity index is 1.68. The highest BCUT2D eigenvalue weighted by molar-refractivity contribution is 5.65. The molecule has 2 N–H and O–H groups in total. The third-order valence-corrected chi connectivity index (χ3v) is 4.20. The average molecular weight is 389 g/mol. The van der Waals surface area contributed by atoms with Crippen LogP contribution in [0.25, 0.3) is 11.4 Å². The molecule has 0 amide bonds. The number of halogens is 2. The van der Waals surface area contributed by atoms with E-state index in [2.05, 4.69) is 25.6 Å². The normalized spacial score (nSPS) is 10.6. The molecule has 0 radical (unpaired) electrons. The van der Waals surface area contributed by atoms with Crippen molar-refractivity contribution < 1.29 is 8.78 Å². The van der Waals surface area contributed by atoms with Crippen molar-refractivity contribution in [2.45, 2.75) is 6.54 Å². The van der Waals surface area contributed by atoms with E-state index in [0.29, 0.717) is 18.2 Å². The van der Waals surface area contributed by atoms with Crippen LogP contribution in [0, 0.1) is 11.6 Å². The summed E-state index contributed by atoms with van der Waals surface area (Å²) in [6.07, 6.45) is 3.42. The molecule has 0 fully saturated rings. The highest BCUT2D eigenvalue weighted by atomic mass is 19.1. The van der Waals surface area contributed by atoms with Gasteiger partial charge in [0.25, 0.3) is 0 Å². The van der Waals surface area contributed by atoms with Gasteiger partial charge >= 0.3 is 0 Å². The molecule has 0 saturated heterocycles. The van der Waals surface area contributed by atoms with E-state index in [0.717, 1.165) is 11.1 Å². The molecule has 2 heterocycles. The molecule has 0 aliphatic rings. The SMILES string of the molecule is Fc1cccc(F)c1Nc1cc(NCc2ccncc2)nc(-c2ccccc2)n1. The van der Waals surface area contributed by atoms with E-state index in [9.17, 15) is 8.78 Å². The fourth-order valence-electron chi connectivity index (χ4n) is 2.76. The summed E-state index contributed by atoms with van der Waals surface area (Å²) in [5.74, 6) is -0.160. The maximum atomic E-state index is 14.1. The highest BCUT2D eigenvalue weighted by Gasteiger charge is 2.12. The van der Waals surface area contributed by atoms with Crippen LogP contribution in [0.2, 0.25) is 0 Å². The molecule has 4 rings (SSSR count). The molecule has 0 saturated carbocycles. The van der Waals surface area contributed by atoms with E-state index >= 15 is 0 Å². The van der Waals surface area contributed by atoms with E-state index in [-0.39, 0.29) is 11.5 Å². The van der Waals surface area contributed by atoms with Crippen LogP contribution >= 0.6 is 0 Å². The van der Waals surface area contributed by atoms with Gasteiger partial charge in [-0.15, -0.1) is 0 Å². The molecule has 4 aromatic rings. The van der Waals surface area contributed by atoms with Gasteiger partial charge < -0.3 is 10.6 Å². The molecule has 0 bridgehead atoms. The lowest BCUT2D eigenvalue weighted by Crippen LogP contribution is -2.06. The second-order valence-corrected chi connectivity index (χ2v) is 6.26. The zero-order valence-electron chi connectivity index (χ0n) is 15.3. The molecule has 0 atom stereocenters. The van der Waals surface area contributed by atoms with Gasteiger partial charge in [-0.1, -0.05) is 36.4 Å². The molecule has 7 heteroatoms. The molecule has 0 unspecified atom stereocenters. The largest absolute Gasteiger partial charge is 0.366 e. The van der Waals surface area contributed by atoms with Gasteiger partial charge in [-0.05, 0) is 29.8 Å². The molecular weight excluding hydrogens is 372 g/mol. The Morgan fingerprint density at radius 2 is 1.45 bits per heavy atom. The van der Waals surface area contributed by atoms with Gasteiger partial charge in [0.1, 0.15) is 29.0 Å². The van der Waals surface area contributed by atoms with Crippen molar-refractivity contribution in [1.29, 1.82) is 0 Å². The fraction of sp³-hybridized carbons (Fsp3) is 0.0455. The summed E-state index contributed by atoms with van der Waals surface area (Å²) in [6.45, 7) is 0.515. The van der Waals surface area contributed by atoms with Crippen LogP contribution in [0.3, 0.4) is 0 Å². The van der Waals surface area contributed by atoms with E-state index in [4.69, 9.17) is 0 Å². The molecule has 0 aliphatic heterocycles. The van der Waals surface area contributed by atoms with Crippen LogP contribution in [0.5, 0.6) is 0 Å². The lowest BCUT2D eigenvalue weighted by molar-refractivity contribution is 0.590. The maximum absolute atomic E-state index is 14.1. The molecule has 0 spiro atoms. The molecule has 0 aliphatic carbocycles.